The van der Waals surface area contributed by atoms with Crippen LogP contribution in [-0.2, 0) is 0 Å². The molecule has 0 bridgehead atoms. The van der Waals surface area contributed by atoms with Crippen LogP contribution in [0.1, 0.15) is 48.5 Å². The van der Waals surface area contributed by atoms with Crippen molar-refractivity contribution in [3.63, 3.8) is 0 Å². The molecule has 0 aliphatic carbocycles. The second-order valence-electron chi connectivity index (χ2n) is 4.03. The highest BCUT2D eigenvalue weighted by molar-refractivity contribution is 5.30. The number of rotatable bonds is 4. The van der Waals surface area contributed by atoms with Gasteiger partial charge in [0, 0.05) is 0 Å². The number of hydrogen-bond acceptors (Lipinski definition) is 0. The van der Waals surface area contributed by atoms with Crippen LogP contribution in [0, 0.1) is 11.8 Å². The third kappa shape index (κ3) is 8.23. The van der Waals surface area contributed by atoms with Gasteiger partial charge in [0.15, 0.2) is 0 Å². The molecule has 0 amide bonds. The predicted molar refractivity (Wildman–Crippen MR) is 73.1 cm³/mol. The van der Waals surface area contributed by atoms with Crippen LogP contribution in [-0.4, -0.2) is 0 Å². The molecular formula is C15H28. The molecule has 0 aromatic rings. The Morgan fingerprint density at radius 2 is 1.47 bits per heavy atom. The maximum absolute atomic E-state index is 4.05. The van der Waals surface area contributed by atoms with E-state index in [1.165, 1.54) is 11.1 Å². The molecule has 0 atom stereocenters. The topological polar surface area (TPSA) is 0 Å². The van der Waals surface area contributed by atoms with E-state index in [9.17, 15) is 0 Å². The fourth-order valence-electron chi connectivity index (χ4n) is 0.980. The zero-order chi connectivity index (χ0) is 12.4. The normalized spacial score (nSPS) is 11.9. The van der Waals surface area contributed by atoms with Crippen LogP contribution in [0.25, 0.3) is 0 Å². The highest BCUT2D eigenvalue weighted by Crippen LogP contribution is 2.17. The molecule has 0 rings (SSSR count). The van der Waals surface area contributed by atoms with Crippen LogP contribution >= 0.6 is 0 Å². The minimum Gasteiger partial charge on any atom is -0.0956 e. The molecular weight excluding hydrogens is 180 g/mol. The van der Waals surface area contributed by atoms with E-state index in [4.69, 9.17) is 0 Å². The molecule has 0 fully saturated rings. The first-order chi connectivity index (χ1) is 6.99. The zero-order valence-electron chi connectivity index (χ0n) is 11.6. The van der Waals surface area contributed by atoms with Gasteiger partial charge in [-0.2, -0.15) is 0 Å². The third-order valence-electron chi connectivity index (χ3n) is 2.12. The quantitative estimate of drug-likeness (QED) is 0.544. The lowest BCUT2D eigenvalue weighted by atomic mass is 9.96. The molecule has 0 nitrogen and oxygen atoms in total. The predicted octanol–water partition coefficient (Wildman–Crippen LogP) is 5.38. The Morgan fingerprint density at radius 3 is 1.73 bits per heavy atom. The van der Waals surface area contributed by atoms with Crippen LogP contribution < -0.4 is 0 Å². The van der Waals surface area contributed by atoms with E-state index in [0.29, 0.717) is 11.8 Å². The van der Waals surface area contributed by atoms with Crippen LogP contribution in [0.15, 0.2) is 36.0 Å². The smallest absolute Gasteiger partial charge is 0.0219 e. The first-order valence-electron chi connectivity index (χ1n) is 6.02. The molecule has 0 aromatic heterocycles. The van der Waals surface area contributed by atoms with Crippen molar-refractivity contribution >= 4 is 0 Å². The Bertz CT molecular complexity index is 214. The molecule has 0 aliphatic rings. The van der Waals surface area contributed by atoms with E-state index in [2.05, 4.69) is 52.5 Å². The van der Waals surface area contributed by atoms with Gasteiger partial charge in [-0.05, 0) is 24.3 Å². The first-order valence-corrected chi connectivity index (χ1v) is 6.02. The standard InChI is InChI=1S/C13H22.C2H6/c1-7-8-13(11(4)5)9-12(6)10(2)3;1-2/h7-11H,6H2,1-5H3;1-2H3/b8-7-,13-9+;. The summed E-state index contributed by atoms with van der Waals surface area (Å²) in [5, 5.41) is 0. The summed E-state index contributed by atoms with van der Waals surface area (Å²) >= 11 is 0. The lowest BCUT2D eigenvalue weighted by Crippen LogP contribution is -1.95. The van der Waals surface area contributed by atoms with E-state index >= 15 is 0 Å². The van der Waals surface area contributed by atoms with Crippen molar-refractivity contribution in [2.75, 3.05) is 0 Å². The minimum absolute atomic E-state index is 0.541. The second kappa shape index (κ2) is 9.76. The molecule has 0 heteroatoms. The summed E-state index contributed by atoms with van der Waals surface area (Å²) < 4.78 is 0. The van der Waals surface area contributed by atoms with Crippen LogP contribution in [0.2, 0.25) is 0 Å². The average molecular weight is 208 g/mol. The summed E-state index contributed by atoms with van der Waals surface area (Å²) in [5.74, 6) is 1.12. The highest BCUT2D eigenvalue weighted by atomic mass is 14.1. The van der Waals surface area contributed by atoms with Gasteiger partial charge in [-0.15, -0.1) is 0 Å². The monoisotopic (exact) mass is 208 g/mol. The van der Waals surface area contributed by atoms with Crippen LogP contribution in [0.5, 0.6) is 0 Å². The van der Waals surface area contributed by atoms with Crippen molar-refractivity contribution in [3.05, 3.63) is 36.0 Å². The van der Waals surface area contributed by atoms with E-state index in [-0.39, 0.29) is 0 Å². The lowest BCUT2D eigenvalue weighted by Gasteiger charge is -2.10. The molecule has 0 unspecified atom stereocenters. The molecule has 0 heterocycles. The molecule has 0 saturated heterocycles. The molecule has 15 heavy (non-hydrogen) atoms. The van der Waals surface area contributed by atoms with Crippen molar-refractivity contribution in [1.82, 2.24) is 0 Å². The van der Waals surface area contributed by atoms with Gasteiger partial charge in [-0.1, -0.05) is 71.9 Å². The van der Waals surface area contributed by atoms with Gasteiger partial charge in [-0.25, -0.2) is 0 Å². The molecule has 0 N–H and O–H groups in total. The molecule has 0 spiro atoms. The molecule has 0 aliphatic heterocycles. The Hall–Kier alpha value is -0.780. The van der Waals surface area contributed by atoms with E-state index in [0.717, 1.165) is 0 Å². The van der Waals surface area contributed by atoms with Gasteiger partial charge in [0.1, 0.15) is 0 Å². The van der Waals surface area contributed by atoms with Crippen molar-refractivity contribution in [2.24, 2.45) is 11.8 Å². The van der Waals surface area contributed by atoms with Gasteiger partial charge in [0.2, 0.25) is 0 Å². The summed E-state index contributed by atoms with van der Waals surface area (Å²) in [4.78, 5) is 0. The lowest BCUT2D eigenvalue weighted by molar-refractivity contribution is 0.765. The Balaban J connectivity index is 0. The fraction of sp³-hybridized carbons (Fsp3) is 0.600. The van der Waals surface area contributed by atoms with Gasteiger partial charge < -0.3 is 0 Å². The van der Waals surface area contributed by atoms with Crippen molar-refractivity contribution in [2.45, 2.75) is 48.5 Å². The van der Waals surface area contributed by atoms with Crippen molar-refractivity contribution in [3.8, 4) is 0 Å². The Kier molecular flexibility index (Phi) is 10.8. The Morgan fingerprint density at radius 1 is 1.00 bits per heavy atom. The van der Waals surface area contributed by atoms with Gasteiger partial charge in [0.05, 0.1) is 0 Å². The van der Waals surface area contributed by atoms with Gasteiger partial charge in [0.25, 0.3) is 0 Å². The van der Waals surface area contributed by atoms with Crippen LogP contribution in [0.3, 0.4) is 0 Å². The summed E-state index contributed by atoms with van der Waals surface area (Å²) in [6.45, 7) is 18.9. The van der Waals surface area contributed by atoms with Gasteiger partial charge in [-0.3, -0.25) is 0 Å². The molecule has 0 aromatic carbocycles. The van der Waals surface area contributed by atoms with E-state index < -0.39 is 0 Å². The summed E-state index contributed by atoms with van der Waals surface area (Å²) in [5.41, 5.74) is 2.57. The fourth-order valence-corrected chi connectivity index (χ4v) is 0.980. The molecule has 0 radical (unpaired) electrons. The summed E-state index contributed by atoms with van der Waals surface area (Å²) in [7, 11) is 0. The van der Waals surface area contributed by atoms with E-state index in [1.807, 2.05) is 20.8 Å². The van der Waals surface area contributed by atoms with Crippen LogP contribution in [0.4, 0.5) is 0 Å². The Labute approximate surface area is 96.8 Å². The summed E-state index contributed by atoms with van der Waals surface area (Å²) in [6, 6.07) is 0. The highest BCUT2D eigenvalue weighted by Gasteiger charge is 2.01. The first kappa shape index (κ1) is 16.6. The molecule has 0 saturated carbocycles. The second-order valence-corrected chi connectivity index (χ2v) is 4.03. The molecule has 88 valence electrons. The summed E-state index contributed by atoms with van der Waals surface area (Å²) in [6.07, 6.45) is 6.45. The maximum atomic E-state index is 4.05. The minimum atomic E-state index is 0.541. The maximum Gasteiger partial charge on any atom is -0.0219 e. The van der Waals surface area contributed by atoms with Crippen molar-refractivity contribution in [1.29, 1.82) is 0 Å². The van der Waals surface area contributed by atoms with Crippen molar-refractivity contribution < 1.29 is 0 Å². The SMILES string of the molecule is C=C(/C=C(\C=C/C)C(C)C)C(C)C.CC. The third-order valence-corrected chi connectivity index (χ3v) is 2.12. The zero-order valence-corrected chi connectivity index (χ0v) is 11.6. The average Bonchev–Trinajstić information content (AvgIpc) is 2.19. The van der Waals surface area contributed by atoms with E-state index in [1.54, 1.807) is 0 Å². The van der Waals surface area contributed by atoms with Gasteiger partial charge >= 0.3 is 0 Å². The largest absolute Gasteiger partial charge is 0.0956 e. The number of allylic oxidation sites excluding steroid dienone is 5. The number of hydrogen-bond donors (Lipinski definition) is 0.